The minimum Gasteiger partial charge on any atom is -0.0625 e. The first kappa shape index (κ1) is 10.1. The highest BCUT2D eigenvalue weighted by Crippen LogP contribution is 2.33. The Balaban J connectivity index is 2.50. The topological polar surface area (TPSA) is 0 Å². The van der Waals surface area contributed by atoms with E-state index in [1.54, 1.807) is 0 Å². The highest BCUT2D eigenvalue weighted by atomic mass is 14.3. The van der Waals surface area contributed by atoms with Crippen LogP contribution in [-0.2, 0) is 0 Å². The molecule has 0 heterocycles. The van der Waals surface area contributed by atoms with Crippen molar-refractivity contribution in [2.75, 3.05) is 0 Å². The molecular formula is C12H24. The van der Waals surface area contributed by atoms with Crippen molar-refractivity contribution in [1.29, 1.82) is 0 Å². The first-order chi connectivity index (χ1) is 5.61. The molecule has 12 heavy (non-hydrogen) atoms. The monoisotopic (exact) mass is 168 g/mol. The minimum atomic E-state index is 0.938. The van der Waals surface area contributed by atoms with Crippen molar-refractivity contribution in [3.8, 4) is 0 Å². The molecular weight excluding hydrogens is 144 g/mol. The molecule has 0 spiro atoms. The first-order valence-electron chi connectivity index (χ1n) is 5.61. The lowest BCUT2D eigenvalue weighted by Crippen LogP contribution is -2.21. The Bertz CT molecular complexity index is 128. The maximum atomic E-state index is 2.44. The van der Waals surface area contributed by atoms with Crippen LogP contribution in [0.5, 0.6) is 0 Å². The van der Waals surface area contributed by atoms with Crippen LogP contribution in [0.3, 0.4) is 0 Å². The van der Waals surface area contributed by atoms with Gasteiger partial charge in [-0.3, -0.25) is 0 Å². The zero-order valence-corrected chi connectivity index (χ0v) is 9.14. The van der Waals surface area contributed by atoms with Crippen molar-refractivity contribution >= 4 is 0 Å². The van der Waals surface area contributed by atoms with E-state index in [9.17, 15) is 0 Å². The van der Waals surface area contributed by atoms with Crippen molar-refractivity contribution < 1.29 is 0 Å². The molecule has 0 saturated heterocycles. The second-order valence-electron chi connectivity index (χ2n) is 5.09. The van der Waals surface area contributed by atoms with Gasteiger partial charge in [-0.05, 0) is 30.1 Å². The largest absolute Gasteiger partial charge is 0.0625 e. The van der Waals surface area contributed by atoms with E-state index >= 15 is 0 Å². The zero-order valence-electron chi connectivity index (χ0n) is 9.14. The quantitative estimate of drug-likeness (QED) is 0.511. The molecule has 0 amide bonds. The molecule has 0 aromatic rings. The van der Waals surface area contributed by atoms with Gasteiger partial charge in [0.1, 0.15) is 0 Å². The summed E-state index contributed by atoms with van der Waals surface area (Å²) in [6.45, 7) is 9.72. The highest BCUT2D eigenvalue weighted by Gasteiger charge is 2.23. The van der Waals surface area contributed by atoms with Crippen LogP contribution in [-0.4, -0.2) is 0 Å². The van der Waals surface area contributed by atoms with Crippen LogP contribution < -0.4 is 0 Å². The Labute approximate surface area is 77.7 Å². The molecule has 0 nitrogen and oxygen atoms in total. The first-order valence-corrected chi connectivity index (χ1v) is 5.61. The molecule has 72 valence electrons. The van der Waals surface area contributed by atoms with E-state index in [0.29, 0.717) is 0 Å². The molecule has 0 heteroatoms. The lowest BCUT2D eigenvalue weighted by atomic mass is 9.75. The van der Waals surface area contributed by atoms with Gasteiger partial charge < -0.3 is 0 Å². The van der Waals surface area contributed by atoms with E-state index in [4.69, 9.17) is 0 Å². The minimum absolute atomic E-state index is 0.938. The predicted octanol–water partition coefficient (Wildman–Crippen LogP) is 4.10. The number of hydrogen-bond acceptors (Lipinski definition) is 0. The van der Waals surface area contributed by atoms with E-state index in [1.807, 2.05) is 0 Å². The number of rotatable bonds is 0. The van der Waals surface area contributed by atoms with Gasteiger partial charge in [-0.2, -0.15) is 0 Å². The van der Waals surface area contributed by atoms with Crippen LogP contribution >= 0.6 is 0 Å². The van der Waals surface area contributed by atoms with Crippen molar-refractivity contribution in [2.24, 2.45) is 23.7 Å². The molecule has 1 fully saturated rings. The molecule has 1 saturated carbocycles. The third-order valence-corrected chi connectivity index (χ3v) is 3.93. The SMILES string of the molecule is CC1CCCC(C)C(C)C(C)C1. The average Bonchev–Trinajstić information content (AvgIpc) is 2.01. The van der Waals surface area contributed by atoms with Crippen LogP contribution in [0.25, 0.3) is 0 Å². The zero-order chi connectivity index (χ0) is 9.14. The summed E-state index contributed by atoms with van der Waals surface area (Å²) >= 11 is 0. The van der Waals surface area contributed by atoms with Crippen molar-refractivity contribution in [3.05, 3.63) is 0 Å². The molecule has 1 aliphatic carbocycles. The van der Waals surface area contributed by atoms with Crippen molar-refractivity contribution in [2.45, 2.75) is 53.4 Å². The summed E-state index contributed by atoms with van der Waals surface area (Å²) in [5.74, 6) is 3.80. The van der Waals surface area contributed by atoms with Gasteiger partial charge in [0.05, 0.1) is 0 Å². The van der Waals surface area contributed by atoms with Gasteiger partial charge in [0.25, 0.3) is 0 Å². The van der Waals surface area contributed by atoms with E-state index < -0.39 is 0 Å². The van der Waals surface area contributed by atoms with Crippen molar-refractivity contribution in [1.82, 2.24) is 0 Å². The maximum Gasteiger partial charge on any atom is -0.0391 e. The van der Waals surface area contributed by atoms with E-state index in [1.165, 1.54) is 25.7 Å². The molecule has 0 radical (unpaired) electrons. The Kier molecular flexibility index (Phi) is 3.61. The van der Waals surface area contributed by atoms with Gasteiger partial charge in [-0.25, -0.2) is 0 Å². The second kappa shape index (κ2) is 4.30. The van der Waals surface area contributed by atoms with E-state index in [0.717, 1.165) is 23.7 Å². The Morgan fingerprint density at radius 2 is 1.50 bits per heavy atom. The Hall–Kier alpha value is 0. The summed E-state index contributed by atoms with van der Waals surface area (Å²) in [6, 6.07) is 0. The maximum absolute atomic E-state index is 2.44. The fourth-order valence-electron chi connectivity index (χ4n) is 2.58. The summed E-state index contributed by atoms with van der Waals surface area (Å²) in [4.78, 5) is 0. The smallest absolute Gasteiger partial charge is 0.0391 e. The fraction of sp³-hybridized carbons (Fsp3) is 1.00. The summed E-state index contributed by atoms with van der Waals surface area (Å²) < 4.78 is 0. The molecule has 0 aliphatic heterocycles. The Morgan fingerprint density at radius 3 is 2.17 bits per heavy atom. The van der Waals surface area contributed by atoms with Gasteiger partial charge >= 0.3 is 0 Å². The molecule has 0 N–H and O–H groups in total. The molecule has 1 rings (SSSR count). The van der Waals surface area contributed by atoms with Crippen LogP contribution in [0.1, 0.15) is 53.4 Å². The van der Waals surface area contributed by atoms with Gasteiger partial charge in [-0.1, -0.05) is 47.0 Å². The normalized spacial score (nSPS) is 45.0. The van der Waals surface area contributed by atoms with Gasteiger partial charge in [0, 0.05) is 0 Å². The molecule has 4 unspecified atom stereocenters. The summed E-state index contributed by atoms with van der Waals surface area (Å²) in [6.07, 6.45) is 5.82. The van der Waals surface area contributed by atoms with E-state index in [-0.39, 0.29) is 0 Å². The highest BCUT2D eigenvalue weighted by molar-refractivity contribution is 4.73. The lowest BCUT2D eigenvalue weighted by molar-refractivity contribution is 0.196. The summed E-state index contributed by atoms with van der Waals surface area (Å²) in [5, 5.41) is 0. The van der Waals surface area contributed by atoms with Crippen molar-refractivity contribution in [3.63, 3.8) is 0 Å². The Morgan fingerprint density at radius 1 is 0.833 bits per heavy atom. The standard InChI is InChI=1S/C12H24/c1-9-6-5-7-10(2)12(4)11(3)8-9/h9-12H,5-8H2,1-4H3. The average molecular weight is 168 g/mol. The molecule has 0 bridgehead atoms. The van der Waals surface area contributed by atoms with Crippen LogP contribution in [0.4, 0.5) is 0 Å². The van der Waals surface area contributed by atoms with E-state index in [2.05, 4.69) is 27.7 Å². The van der Waals surface area contributed by atoms with Crippen LogP contribution in [0, 0.1) is 23.7 Å². The predicted molar refractivity (Wildman–Crippen MR) is 55.1 cm³/mol. The van der Waals surface area contributed by atoms with Gasteiger partial charge in [0.15, 0.2) is 0 Å². The van der Waals surface area contributed by atoms with Crippen LogP contribution in [0.2, 0.25) is 0 Å². The molecule has 1 aliphatic rings. The summed E-state index contributed by atoms with van der Waals surface area (Å²) in [5.41, 5.74) is 0. The number of hydrogen-bond donors (Lipinski definition) is 0. The molecule has 4 atom stereocenters. The third-order valence-electron chi connectivity index (χ3n) is 3.93. The van der Waals surface area contributed by atoms with Gasteiger partial charge in [0.2, 0.25) is 0 Å². The van der Waals surface area contributed by atoms with Crippen LogP contribution in [0.15, 0.2) is 0 Å². The summed E-state index contributed by atoms with van der Waals surface area (Å²) in [7, 11) is 0. The van der Waals surface area contributed by atoms with Gasteiger partial charge in [-0.15, -0.1) is 0 Å². The molecule has 0 aromatic carbocycles. The third kappa shape index (κ3) is 2.50. The molecule has 0 aromatic heterocycles. The fourth-order valence-corrected chi connectivity index (χ4v) is 2.58. The lowest BCUT2D eigenvalue weighted by Gasteiger charge is -2.31. The second-order valence-corrected chi connectivity index (χ2v) is 5.09.